The van der Waals surface area contributed by atoms with Crippen molar-refractivity contribution in [1.29, 1.82) is 5.26 Å². The summed E-state index contributed by atoms with van der Waals surface area (Å²) in [5, 5.41) is 8.90. The molecule has 0 radical (unpaired) electrons. The van der Waals surface area contributed by atoms with Crippen LogP contribution < -0.4 is 0 Å². The minimum Gasteiger partial charge on any atom is -0.289 e. The lowest BCUT2D eigenvalue weighted by atomic mass is 9.99. The molecule has 0 aliphatic carbocycles. The highest BCUT2D eigenvalue weighted by atomic mass is 19.1. The van der Waals surface area contributed by atoms with Crippen LogP contribution in [0.4, 0.5) is 4.39 Å². The summed E-state index contributed by atoms with van der Waals surface area (Å²) < 4.78 is 12.7. The van der Waals surface area contributed by atoms with E-state index < -0.39 is 5.82 Å². The Morgan fingerprint density at radius 2 is 1.71 bits per heavy atom. The maximum atomic E-state index is 12.7. The van der Waals surface area contributed by atoms with Gasteiger partial charge in [0.15, 0.2) is 5.78 Å². The molecule has 0 bridgehead atoms. The third-order valence-electron chi connectivity index (χ3n) is 2.40. The Morgan fingerprint density at radius 3 is 2.35 bits per heavy atom. The molecule has 0 atom stereocenters. The number of carbonyl (C=O) groups is 1. The summed E-state index contributed by atoms with van der Waals surface area (Å²) in [5.74, 6) is -0.669. The molecule has 0 aromatic heterocycles. The molecular weight excluding hydrogens is 217 g/mol. The van der Waals surface area contributed by atoms with Gasteiger partial charge in [0.2, 0.25) is 0 Å². The number of carbonyl (C=O) groups excluding carboxylic acids is 1. The third kappa shape index (κ3) is 2.21. The number of ketones is 1. The van der Waals surface area contributed by atoms with Gasteiger partial charge in [-0.15, -0.1) is 0 Å². The van der Waals surface area contributed by atoms with E-state index in [4.69, 9.17) is 5.26 Å². The minimum atomic E-state index is -0.393. The highest BCUT2D eigenvalue weighted by molar-refractivity contribution is 6.10. The Hall–Kier alpha value is -2.47. The molecule has 0 spiro atoms. The van der Waals surface area contributed by atoms with Crippen molar-refractivity contribution in [2.45, 2.75) is 0 Å². The Morgan fingerprint density at radius 1 is 1.06 bits per heavy atom. The average Bonchev–Trinajstić information content (AvgIpc) is 2.39. The first-order valence-corrected chi connectivity index (χ1v) is 5.02. The monoisotopic (exact) mass is 225 g/mol. The van der Waals surface area contributed by atoms with Gasteiger partial charge < -0.3 is 0 Å². The summed E-state index contributed by atoms with van der Waals surface area (Å²) in [6, 6.07) is 13.8. The number of benzene rings is 2. The van der Waals surface area contributed by atoms with Crippen LogP contribution in [0.1, 0.15) is 21.5 Å². The first kappa shape index (κ1) is 11.0. The van der Waals surface area contributed by atoms with E-state index in [-0.39, 0.29) is 5.78 Å². The molecule has 3 heteroatoms. The Bertz CT molecular complexity index is 596. The highest BCUT2D eigenvalue weighted by Gasteiger charge is 2.12. The van der Waals surface area contributed by atoms with E-state index in [9.17, 15) is 9.18 Å². The summed E-state index contributed by atoms with van der Waals surface area (Å²) in [6.07, 6.45) is 0. The zero-order valence-electron chi connectivity index (χ0n) is 8.85. The van der Waals surface area contributed by atoms with E-state index in [0.717, 1.165) is 0 Å². The summed E-state index contributed by atoms with van der Waals surface area (Å²) in [4.78, 5) is 12.1. The van der Waals surface area contributed by atoms with Gasteiger partial charge in [-0.25, -0.2) is 4.39 Å². The second kappa shape index (κ2) is 4.58. The normalized spacial score (nSPS) is 9.65. The fraction of sp³-hybridized carbons (Fsp3) is 0. The number of rotatable bonds is 2. The van der Waals surface area contributed by atoms with E-state index in [2.05, 4.69) is 0 Å². The number of hydrogen-bond acceptors (Lipinski definition) is 2. The molecule has 0 fully saturated rings. The quantitative estimate of drug-likeness (QED) is 0.737. The molecule has 0 N–H and O–H groups in total. The fourth-order valence-electron chi connectivity index (χ4n) is 1.54. The van der Waals surface area contributed by atoms with Crippen molar-refractivity contribution in [2.75, 3.05) is 0 Å². The van der Waals surface area contributed by atoms with Crippen LogP contribution in [-0.4, -0.2) is 5.78 Å². The van der Waals surface area contributed by atoms with Gasteiger partial charge in [0.1, 0.15) is 5.82 Å². The smallest absolute Gasteiger partial charge is 0.194 e. The van der Waals surface area contributed by atoms with E-state index >= 15 is 0 Å². The number of nitrogens with zero attached hydrogens (tertiary/aromatic N) is 1. The van der Waals surface area contributed by atoms with Crippen LogP contribution >= 0.6 is 0 Å². The Kier molecular flexibility index (Phi) is 2.97. The average molecular weight is 225 g/mol. The first-order valence-electron chi connectivity index (χ1n) is 5.02. The van der Waals surface area contributed by atoms with Crippen LogP contribution in [0.5, 0.6) is 0 Å². The molecule has 2 nitrogen and oxygen atoms in total. The topological polar surface area (TPSA) is 40.9 Å². The van der Waals surface area contributed by atoms with Crippen molar-refractivity contribution < 1.29 is 9.18 Å². The van der Waals surface area contributed by atoms with Crippen molar-refractivity contribution in [3.63, 3.8) is 0 Å². The lowest BCUT2D eigenvalue weighted by molar-refractivity contribution is 0.103. The van der Waals surface area contributed by atoms with Crippen LogP contribution in [0.2, 0.25) is 0 Å². The van der Waals surface area contributed by atoms with Crippen molar-refractivity contribution in [3.05, 3.63) is 71.0 Å². The summed E-state index contributed by atoms with van der Waals surface area (Å²) in [7, 11) is 0. The highest BCUT2D eigenvalue weighted by Crippen LogP contribution is 2.14. The molecule has 0 unspecified atom stereocenters. The van der Waals surface area contributed by atoms with Gasteiger partial charge in [-0.2, -0.15) is 5.26 Å². The zero-order valence-corrected chi connectivity index (χ0v) is 8.85. The predicted octanol–water partition coefficient (Wildman–Crippen LogP) is 2.93. The molecule has 2 aromatic carbocycles. The molecule has 2 aromatic rings. The van der Waals surface area contributed by atoms with Crippen LogP contribution in [-0.2, 0) is 0 Å². The maximum absolute atomic E-state index is 12.7. The molecule has 0 saturated heterocycles. The minimum absolute atomic E-state index is 0.276. The molecular formula is C14H8FNO. The van der Waals surface area contributed by atoms with E-state index in [0.29, 0.717) is 16.7 Å². The first-order chi connectivity index (χ1) is 8.22. The molecule has 0 amide bonds. The zero-order chi connectivity index (χ0) is 12.3. The molecule has 0 saturated carbocycles. The number of nitriles is 1. The fourth-order valence-corrected chi connectivity index (χ4v) is 1.54. The molecule has 0 aliphatic rings. The van der Waals surface area contributed by atoms with E-state index in [1.807, 2.05) is 6.07 Å². The SMILES string of the molecule is N#Cc1ccccc1C(=O)c1ccc(F)cc1. The van der Waals surface area contributed by atoms with Gasteiger partial charge in [-0.3, -0.25) is 4.79 Å². The van der Waals surface area contributed by atoms with Crippen molar-refractivity contribution in [3.8, 4) is 6.07 Å². The molecule has 0 aliphatic heterocycles. The lowest BCUT2D eigenvalue weighted by Gasteiger charge is -2.02. The van der Waals surface area contributed by atoms with E-state index in [1.165, 1.54) is 24.3 Å². The number of halogens is 1. The maximum Gasteiger partial charge on any atom is 0.194 e. The second-order valence-electron chi connectivity index (χ2n) is 3.49. The third-order valence-corrected chi connectivity index (χ3v) is 2.40. The van der Waals surface area contributed by atoms with Crippen molar-refractivity contribution in [1.82, 2.24) is 0 Å². The van der Waals surface area contributed by atoms with Crippen LogP contribution in [0.15, 0.2) is 48.5 Å². The lowest BCUT2D eigenvalue weighted by Crippen LogP contribution is -2.03. The van der Waals surface area contributed by atoms with Gasteiger partial charge in [0.05, 0.1) is 11.6 Å². The van der Waals surface area contributed by atoms with Gasteiger partial charge in [0, 0.05) is 11.1 Å². The molecule has 0 heterocycles. The summed E-state index contributed by atoms with van der Waals surface area (Å²) in [5.41, 5.74) is 1.03. The molecule has 17 heavy (non-hydrogen) atoms. The van der Waals surface area contributed by atoms with Gasteiger partial charge in [-0.1, -0.05) is 12.1 Å². The van der Waals surface area contributed by atoms with Crippen LogP contribution in [0.25, 0.3) is 0 Å². The summed E-state index contributed by atoms with van der Waals surface area (Å²) in [6.45, 7) is 0. The van der Waals surface area contributed by atoms with Crippen molar-refractivity contribution >= 4 is 5.78 Å². The van der Waals surface area contributed by atoms with Crippen molar-refractivity contribution in [2.24, 2.45) is 0 Å². The standard InChI is InChI=1S/C14H8FNO/c15-12-7-5-10(6-8-12)14(17)13-4-2-1-3-11(13)9-16/h1-8H. The van der Waals surface area contributed by atoms with Crippen LogP contribution in [0, 0.1) is 17.1 Å². The van der Waals surface area contributed by atoms with Crippen LogP contribution in [0.3, 0.4) is 0 Å². The molecule has 82 valence electrons. The van der Waals surface area contributed by atoms with Gasteiger partial charge in [-0.05, 0) is 36.4 Å². The van der Waals surface area contributed by atoms with Gasteiger partial charge >= 0.3 is 0 Å². The van der Waals surface area contributed by atoms with E-state index in [1.54, 1.807) is 24.3 Å². The van der Waals surface area contributed by atoms with Gasteiger partial charge in [0.25, 0.3) is 0 Å². The number of hydrogen-bond donors (Lipinski definition) is 0. The second-order valence-corrected chi connectivity index (χ2v) is 3.49. The largest absolute Gasteiger partial charge is 0.289 e. The Labute approximate surface area is 97.9 Å². The summed E-state index contributed by atoms with van der Waals surface area (Å²) >= 11 is 0. The Balaban J connectivity index is 2.44. The predicted molar refractivity (Wildman–Crippen MR) is 61.0 cm³/mol. The molecule has 2 rings (SSSR count).